The zero-order valence-electron chi connectivity index (χ0n) is 12.0. The molecule has 0 saturated carbocycles. The Morgan fingerprint density at radius 2 is 1.64 bits per heavy atom. The lowest BCUT2D eigenvalue weighted by Crippen LogP contribution is -2.00. The van der Waals surface area contributed by atoms with Crippen molar-refractivity contribution in [3.05, 3.63) is 64.3 Å². The van der Waals surface area contributed by atoms with Crippen LogP contribution >= 0.6 is 11.6 Å². The summed E-state index contributed by atoms with van der Waals surface area (Å²) < 4.78 is 27.6. The predicted octanol–water partition coefficient (Wildman–Crippen LogP) is 5.53. The van der Waals surface area contributed by atoms with Gasteiger partial charge in [0.05, 0.1) is 16.2 Å². The average molecular weight is 319 g/mol. The summed E-state index contributed by atoms with van der Waals surface area (Å²) >= 11 is 6.35. The molecule has 112 valence electrons. The van der Waals surface area contributed by atoms with Crippen molar-refractivity contribution in [3.8, 4) is 0 Å². The summed E-state index contributed by atoms with van der Waals surface area (Å²) in [5.41, 5.74) is 2.56. The molecule has 1 N–H and O–H groups in total. The molecule has 0 amide bonds. The molecule has 1 aromatic heterocycles. The van der Waals surface area contributed by atoms with Crippen molar-refractivity contribution in [1.82, 2.24) is 4.98 Å². The average Bonchev–Trinajstić information content (AvgIpc) is 2.49. The van der Waals surface area contributed by atoms with E-state index < -0.39 is 11.6 Å². The zero-order valence-corrected chi connectivity index (χ0v) is 12.8. The Morgan fingerprint density at radius 3 is 2.32 bits per heavy atom. The lowest BCUT2D eigenvalue weighted by Gasteiger charge is -2.13. The maximum atomic E-state index is 13.8. The van der Waals surface area contributed by atoms with Crippen LogP contribution in [0.3, 0.4) is 0 Å². The third-order valence-corrected chi connectivity index (χ3v) is 4.13. The van der Waals surface area contributed by atoms with Gasteiger partial charge in [0, 0.05) is 11.1 Å². The first-order valence-corrected chi connectivity index (χ1v) is 7.13. The molecular weight excluding hydrogens is 306 g/mol. The predicted molar refractivity (Wildman–Crippen MR) is 85.9 cm³/mol. The van der Waals surface area contributed by atoms with E-state index in [9.17, 15) is 8.78 Å². The lowest BCUT2D eigenvalue weighted by molar-refractivity contribution is 0.591. The number of para-hydroxylation sites is 2. The van der Waals surface area contributed by atoms with E-state index >= 15 is 0 Å². The van der Waals surface area contributed by atoms with Crippen LogP contribution < -0.4 is 5.32 Å². The van der Waals surface area contributed by atoms with E-state index in [1.54, 1.807) is 12.1 Å². The van der Waals surface area contributed by atoms with Crippen molar-refractivity contribution >= 4 is 33.9 Å². The van der Waals surface area contributed by atoms with Crippen LogP contribution in [0.5, 0.6) is 0 Å². The molecule has 0 unspecified atom stereocenters. The van der Waals surface area contributed by atoms with Gasteiger partial charge in [-0.1, -0.05) is 29.8 Å². The number of halogens is 3. The van der Waals surface area contributed by atoms with Crippen molar-refractivity contribution in [1.29, 1.82) is 0 Å². The summed E-state index contributed by atoms with van der Waals surface area (Å²) in [6.07, 6.45) is 0. The van der Waals surface area contributed by atoms with Crippen molar-refractivity contribution in [2.24, 2.45) is 0 Å². The molecule has 0 aliphatic carbocycles. The van der Waals surface area contributed by atoms with E-state index in [1.807, 2.05) is 19.9 Å². The van der Waals surface area contributed by atoms with Gasteiger partial charge in [0.15, 0.2) is 0 Å². The van der Waals surface area contributed by atoms with Gasteiger partial charge in [0.1, 0.15) is 17.3 Å². The number of nitrogens with zero attached hydrogens (tertiary/aromatic N) is 1. The van der Waals surface area contributed by atoms with Gasteiger partial charge >= 0.3 is 0 Å². The maximum absolute atomic E-state index is 13.8. The fraction of sp³-hybridized carbons (Fsp3) is 0.118. The molecule has 2 aromatic carbocycles. The number of hydrogen-bond acceptors (Lipinski definition) is 2. The first-order valence-electron chi connectivity index (χ1n) is 6.75. The highest BCUT2D eigenvalue weighted by atomic mass is 35.5. The third kappa shape index (κ3) is 2.40. The molecule has 0 spiro atoms. The smallest absolute Gasteiger partial charge is 0.149 e. The number of aryl methyl sites for hydroxylation is 1. The van der Waals surface area contributed by atoms with E-state index in [0.29, 0.717) is 16.2 Å². The molecule has 3 rings (SSSR count). The fourth-order valence-electron chi connectivity index (χ4n) is 2.31. The van der Waals surface area contributed by atoms with Crippen molar-refractivity contribution < 1.29 is 8.78 Å². The Morgan fingerprint density at radius 1 is 1.00 bits per heavy atom. The van der Waals surface area contributed by atoms with Gasteiger partial charge < -0.3 is 5.32 Å². The second kappa shape index (κ2) is 5.54. The van der Waals surface area contributed by atoms with Crippen LogP contribution in [0.15, 0.2) is 36.4 Å². The molecule has 0 aliphatic rings. The highest BCUT2D eigenvalue weighted by molar-refractivity contribution is 6.36. The molecule has 0 radical (unpaired) electrons. The summed E-state index contributed by atoms with van der Waals surface area (Å²) in [5.74, 6) is -1.32. The number of benzene rings is 2. The molecule has 0 saturated heterocycles. The summed E-state index contributed by atoms with van der Waals surface area (Å²) in [7, 11) is 0. The second-order valence-electron chi connectivity index (χ2n) is 5.06. The number of pyridine rings is 1. The minimum absolute atomic E-state index is 0.203. The van der Waals surface area contributed by atoms with E-state index in [2.05, 4.69) is 10.3 Å². The molecule has 0 fully saturated rings. The standard InChI is InChI=1S/C17H13ClF2N2/c1-9-10(2)21-16-11(15(9)18)5-3-8-14(16)22-17-12(19)6-4-7-13(17)20/h3-8,22H,1-2H3. The van der Waals surface area contributed by atoms with E-state index in [-0.39, 0.29) is 5.69 Å². The number of fused-ring (bicyclic) bond motifs is 1. The van der Waals surface area contributed by atoms with Crippen molar-refractivity contribution in [2.45, 2.75) is 13.8 Å². The van der Waals surface area contributed by atoms with Gasteiger partial charge in [-0.2, -0.15) is 0 Å². The molecule has 0 atom stereocenters. The van der Waals surface area contributed by atoms with Gasteiger partial charge in [-0.15, -0.1) is 0 Å². The number of nitrogens with one attached hydrogen (secondary N) is 1. The van der Waals surface area contributed by atoms with Crippen LogP contribution in [0.25, 0.3) is 10.9 Å². The first kappa shape index (κ1) is 14.7. The van der Waals surface area contributed by atoms with Crippen LogP contribution in [0, 0.1) is 25.5 Å². The fourth-order valence-corrected chi connectivity index (χ4v) is 2.60. The second-order valence-corrected chi connectivity index (χ2v) is 5.44. The van der Waals surface area contributed by atoms with Crippen LogP contribution in [0.4, 0.5) is 20.2 Å². The molecule has 22 heavy (non-hydrogen) atoms. The minimum Gasteiger partial charge on any atom is -0.349 e. The highest BCUT2D eigenvalue weighted by Gasteiger charge is 2.13. The van der Waals surface area contributed by atoms with Gasteiger partial charge in [0.2, 0.25) is 0 Å². The van der Waals surface area contributed by atoms with Crippen LogP contribution in [0.1, 0.15) is 11.3 Å². The molecule has 2 nitrogen and oxygen atoms in total. The van der Waals surface area contributed by atoms with Crippen molar-refractivity contribution in [3.63, 3.8) is 0 Å². The molecule has 0 bridgehead atoms. The maximum Gasteiger partial charge on any atom is 0.149 e. The van der Waals surface area contributed by atoms with Gasteiger partial charge in [-0.05, 0) is 37.6 Å². The van der Waals surface area contributed by atoms with Crippen LogP contribution in [-0.4, -0.2) is 4.98 Å². The summed E-state index contributed by atoms with van der Waals surface area (Å²) in [4.78, 5) is 4.50. The highest BCUT2D eigenvalue weighted by Crippen LogP contribution is 2.33. The van der Waals surface area contributed by atoms with Crippen LogP contribution in [0.2, 0.25) is 5.02 Å². The number of rotatable bonds is 2. The Hall–Kier alpha value is -2.20. The zero-order chi connectivity index (χ0) is 15.9. The third-order valence-electron chi connectivity index (χ3n) is 3.65. The topological polar surface area (TPSA) is 24.9 Å². The summed E-state index contributed by atoms with van der Waals surface area (Å²) in [6.45, 7) is 3.74. The number of hydrogen-bond donors (Lipinski definition) is 1. The number of anilines is 2. The van der Waals surface area contributed by atoms with Crippen LogP contribution in [-0.2, 0) is 0 Å². The SMILES string of the molecule is Cc1nc2c(Nc3c(F)cccc3F)cccc2c(Cl)c1C. The molecular formula is C17H13ClF2N2. The van der Waals surface area contributed by atoms with Gasteiger partial charge in [0.25, 0.3) is 0 Å². The van der Waals surface area contributed by atoms with E-state index in [4.69, 9.17) is 11.6 Å². The summed E-state index contributed by atoms with van der Waals surface area (Å²) in [6, 6.07) is 9.04. The van der Waals surface area contributed by atoms with E-state index in [0.717, 1.165) is 16.6 Å². The largest absolute Gasteiger partial charge is 0.349 e. The first-order chi connectivity index (χ1) is 10.5. The van der Waals surface area contributed by atoms with Crippen molar-refractivity contribution in [2.75, 3.05) is 5.32 Å². The molecule has 1 heterocycles. The minimum atomic E-state index is -0.660. The van der Waals surface area contributed by atoms with Gasteiger partial charge in [-0.25, -0.2) is 8.78 Å². The Labute approximate surface area is 131 Å². The Balaban J connectivity index is 2.20. The monoisotopic (exact) mass is 318 g/mol. The molecule has 0 aliphatic heterocycles. The quantitative estimate of drug-likeness (QED) is 0.672. The Bertz CT molecular complexity index is 858. The summed E-state index contributed by atoms with van der Waals surface area (Å²) in [5, 5.41) is 4.13. The normalized spacial score (nSPS) is 11.0. The van der Waals surface area contributed by atoms with E-state index in [1.165, 1.54) is 18.2 Å². The Kier molecular flexibility index (Phi) is 3.71. The van der Waals surface area contributed by atoms with Gasteiger partial charge in [-0.3, -0.25) is 4.98 Å². The number of aromatic nitrogens is 1. The lowest BCUT2D eigenvalue weighted by atomic mass is 10.1. The molecule has 5 heteroatoms. The molecule has 3 aromatic rings.